The van der Waals surface area contributed by atoms with Crippen molar-refractivity contribution >= 4 is 22.7 Å². The molecule has 0 radical (unpaired) electrons. The Balaban J connectivity index is 1.97. The minimum absolute atomic E-state index is 0.00510. The molecule has 176 valence electrons. The molecule has 2 amide bonds. The van der Waals surface area contributed by atoms with Gasteiger partial charge in [0.2, 0.25) is 5.91 Å². The van der Waals surface area contributed by atoms with Gasteiger partial charge in [0.15, 0.2) is 0 Å². The molecule has 10 heteroatoms. The van der Waals surface area contributed by atoms with Gasteiger partial charge in [0.05, 0.1) is 42.1 Å². The third kappa shape index (κ3) is 4.04. The standard InChI is InChI=1S/C25H21FN6O3/c1-12-20(13(2)32(31-12)11-15-5-4-14(10-27)8-19(15)35-3)22-21(24(28)33)17-7-6-16(26)9-18(17)30-23(22)25(29)34/h4-9H,11H2,1-3H3,(H2,28,33)(H2,29,34). The first-order valence-corrected chi connectivity index (χ1v) is 10.5. The average Bonchev–Trinajstić information content (AvgIpc) is 3.09. The topological polar surface area (TPSA) is 150 Å². The first kappa shape index (κ1) is 23.4. The predicted octanol–water partition coefficient (Wildman–Crippen LogP) is 2.98. The molecule has 9 nitrogen and oxygen atoms in total. The Labute approximate surface area is 199 Å². The van der Waals surface area contributed by atoms with Crippen LogP contribution in [0.4, 0.5) is 4.39 Å². The number of fused-ring (bicyclic) bond motifs is 1. The number of nitrogens with zero attached hydrogens (tertiary/aromatic N) is 4. The second kappa shape index (κ2) is 8.87. The quantitative estimate of drug-likeness (QED) is 0.440. The molecule has 4 aromatic rings. The van der Waals surface area contributed by atoms with Crippen LogP contribution in [0.1, 0.15) is 43.4 Å². The van der Waals surface area contributed by atoms with Crippen LogP contribution >= 0.6 is 0 Å². The van der Waals surface area contributed by atoms with Crippen molar-refractivity contribution in [2.24, 2.45) is 11.5 Å². The molecule has 0 aliphatic carbocycles. The lowest BCUT2D eigenvalue weighted by molar-refractivity contribution is 0.0996. The molecular formula is C25H21FN6O3. The Morgan fingerprint density at radius 1 is 1.11 bits per heavy atom. The normalized spacial score (nSPS) is 10.8. The van der Waals surface area contributed by atoms with Gasteiger partial charge in [-0.15, -0.1) is 0 Å². The fourth-order valence-corrected chi connectivity index (χ4v) is 4.23. The smallest absolute Gasteiger partial charge is 0.267 e. The highest BCUT2D eigenvalue weighted by atomic mass is 19.1. The summed E-state index contributed by atoms with van der Waals surface area (Å²) >= 11 is 0. The van der Waals surface area contributed by atoms with Crippen molar-refractivity contribution in [1.29, 1.82) is 5.26 Å². The van der Waals surface area contributed by atoms with Gasteiger partial charge in [0, 0.05) is 33.8 Å². The van der Waals surface area contributed by atoms with E-state index in [1.54, 1.807) is 36.7 Å². The van der Waals surface area contributed by atoms with E-state index in [0.29, 0.717) is 33.7 Å². The van der Waals surface area contributed by atoms with Crippen LogP contribution in [-0.2, 0) is 6.54 Å². The van der Waals surface area contributed by atoms with Gasteiger partial charge in [-0.2, -0.15) is 10.4 Å². The lowest BCUT2D eigenvalue weighted by atomic mass is 9.92. The maximum absolute atomic E-state index is 13.9. The van der Waals surface area contributed by atoms with Gasteiger partial charge in [-0.05, 0) is 38.1 Å². The van der Waals surface area contributed by atoms with E-state index < -0.39 is 17.6 Å². The number of primary amides is 2. The van der Waals surface area contributed by atoms with Crippen LogP contribution in [0.25, 0.3) is 22.0 Å². The first-order chi connectivity index (χ1) is 16.7. The summed E-state index contributed by atoms with van der Waals surface area (Å²) in [6.45, 7) is 3.78. The first-order valence-electron chi connectivity index (χ1n) is 10.5. The molecule has 0 aliphatic rings. The van der Waals surface area contributed by atoms with Crippen molar-refractivity contribution in [2.75, 3.05) is 7.11 Å². The molecule has 35 heavy (non-hydrogen) atoms. The molecule has 0 atom stereocenters. The van der Waals surface area contributed by atoms with Crippen molar-refractivity contribution in [3.63, 3.8) is 0 Å². The number of aromatic nitrogens is 3. The van der Waals surface area contributed by atoms with Gasteiger partial charge < -0.3 is 16.2 Å². The molecule has 2 aromatic heterocycles. The number of hydrogen-bond donors (Lipinski definition) is 2. The van der Waals surface area contributed by atoms with Crippen molar-refractivity contribution in [2.45, 2.75) is 20.4 Å². The molecule has 0 fully saturated rings. The monoisotopic (exact) mass is 472 g/mol. The fraction of sp³-hybridized carbons (Fsp3) is 0.160. The highest BCUT2D eigenvalue weighted by Crippen LogP contribution is 2.36. The number of carbonyl (C=O) groups is 2. The van der Waals surface area contributed by atoms with E-state index in [4.69, 9.17) is 21.5 Å². The number of carbonyl (C=O) groups excluding carboxylic acids is 2. The van der Waals surface area contributed by atoms with E-state index in [2.05, 4.69) is 16.2 Å². The summed E-state index contributed by atoms with van der Waals surface area (Å²) in [5.41, 5.74) is 14.2. The number of nitriles is 1. The van der Waals surface area contributed by atoms with Crippen LogP contribution in [0.2, 0.25) is 0 Å². The van der Waals surface area contributed by atoms with Gasteiger partial charge in [0.25, 0.3) is 5.91 Å². The second-order valence-corrected chi connectivity index (χ2v) is 7.94. The highest BCUT2D eigenvalue weighted by molar-refractivity contribution is 6.15. The zero-order valence-corrected chi connectivity index (χ0v) is 19.2. The molecule has 4 rings (SSSR count). The summed E-state index contributed by atoms with van der Waals surface area (Å²) in [6.07, 6.45) is 0. The Morgan fingerprint density at radius 3 is 2.49 bits per heavy atom. The van der Waals surface area contributed by atoms with Crippen LogP contribution in [0, 0.1) is 31.0 Å². The van der Waals surface area contributed by atoms with Gasteiger partial charge >= 0.3 is 0 Å². The van der Waals surface area contributed by atoms with E-state index in [0.717, 1.165) is 11.6 Å². The number of benzene rings is 2. The van der Waals surface area contributed by atoms with E-state index in [1.165, 1.54) is 19.2 Å². The Bertz CT molecular complexity index is 1570. The molecule has 0 unspecified atom stereocenters. The lowest BCUT2D eigenvalue weighted by Crippen LogP contribution is -2.21. The molecule has 2 aromatic carbocycles. The van der Waals surface area contributed by atoms with Gasteiger partial charge in [0.1, 0.15) is 17.3 Å². The predicted molar refractivity (Wildman–Crippen MR) is 126 cm³/mol. The number of pyridine rings is 1. The van der Waals surface area contributed by atoms with E-state index in [-0.39, 0.29) is 28.9 Å². The minimum atomic E-state index is -0.894. The molecule has 0 bridgehead atoms. The van der Waals surface area contributed by atoms with Crippen molar-refractivity contribution < 1.29 is 18.7 Å². The fourth-order valence-electron chi connectivity index (χ4n) is 4.23. The molecule has 0 saturated heterocycles. The lowest BCUT2D eigenvalue weighted by Gasteiger charge is -2.15. The summed E-state index contributed by atoms with van der Waals surface area (Å²) in [5.74, 6) is -1.78. The van der Waals surface area contributed by atoms with Crippen molar-refractivity contribution in [1.82, 2.24) is 14.8 Å². The molecule has 4 N–H and O–H groups in total. The number of aryl methyl sites for hydroxylation is 1. The molecular weight excluding hydrogens is 451 g/mol. The highest BCUT2D eigenvalue weighted by Gasteiger charge is 2.28. The van der Waals surface area contributed by atoms with Crippen LogP contribution in [0.5, 0.6) is 5.75 Å². The van der Waals surface area contributed by atoms with Crippen molar-refractivity contribution in [3.8, 4) is 22.9 Å². The van der Waals surface area contributed by atoms with Gasteiger partial charge in [-0.25, -0.2) is 9.37 Å². The summed E-state index contributed by atoms with van der Waals surface area (Å²) in [6, 6.07) is 10.8. The second-order valence-electron chi connectivity index (χ2n) is 7.94. The Morgan fingerprint density at radius 2 is 1.86 bits per heavy atom. The number of ether oxygens (including phenoxy) is 1. The van der Waals surface area contributed by atoms with E-state index in [1.807, 2.05) is 0 Å². The average molecular weight is 472 g/mol. The number of rotatable bonds is 6. The summed E-state index contributed by atoms with van der Waals surface area (Å²) < 4.78 is 21.0. The van der Waals surface area contributed by atoms with Gasteiger partial charge in [-0.1, -0.05) is 6.07 Å². The summed E-state index contributed by atoms with van der Waals surface area (Å²) in [7, 11) is 1.51. The van der Waals surface area contributed by atoms with Gasteiger partial charge in [-0.3, -0.25) is 14.3 Å². The molecule has 2 heterocycles. The Kier molecular flexibility index (Phi) is 5.93. The maximum atomic E-state index is 13.9. The van der Waals surface area contributed by atoms with Crippen LogP contribution < -0.4 is 16.2 Å². The number of halogens is 1. The Hall–Kier alpha value is -4.78. The van der Waals surface area contributed by atoms with Crippen molar-refractivity contribution in [3.05, 3.63) is 76.0 Å². The number of nitrogens with two attached hydrogens (primary N) is 2. The number of amides is 2. The largest absolute Gasteiger partial charge is 0.496 e. The maximum Gasteiger partial charge on any atom is 0.267 e. The molecule has 0 aliphatic heterocycles. The number of methoxy groups -OCH3 is 1. The van der Waals surface area contributed by atoms with E-state index >= 15 is 0 Å². The van der Waals surface area contributed by atoms with E-state index in [9.17, 15) is 14.0 Å². The van der Waals surface area contributed by atoms with Crippen LogP contribution in [0.3, 0.4) is 0 Å². The number of hydrogen-bond acceptors (Lipinski definition) is 6. The molecule has 0 saturated carbocycles. The third-order valence-corrected chi connectivity index (χ3v) is 5.80. The summed E-state index contributed by atoms with van der Waals surface area (Å²) in [4.78, 5) is 29.3. The van der Waals surface area contributed by atoms with Crippen LogP contribution in [0.15, 0.2) is 36.4 Å². The SMILES string of the molecule is COc1cc(C#N)ccc1Cn1nc(C)c(-c2c(C(N)=O)nc3cc(F)ccc3c2C(N)=O)c1C. The van der Waals surface area contributed by atoms with Crippen LogP contribution in [-0.4, -0.2) is 33.7 Å². The third-order valence-electron chi connectivity index (χ3n) is 5.80. The zero-order valence-electron chi connectivity index (χ0n) is 19.2. The minimum Gasteiger partial charge on any atom is -0.496 e. The summed E-state index contributed by atoms with van der Waals surface area (Å²) in [5, 5.41) is 14.0. The zero-order chi connectivity index (χ0) is 25.4. The molecule has 0 spiro atoms.